The van der Waals surface area contributed by atoms with E-state index in [1.165, 1.54) is 0 Å². The van der Waals surface area contributed by atoms with Crippen molar-refractivity contribution < 1.29 is 4.79 Å². The molecule has 0 radical (unpaired) electrons. The van der Waals surface area contributed by atoms with Crippen molar-refractivity contribution >= 4 is 44.4 Å². The minimum Gasteiger partial charge on any atom is -0.366 e. The Morgan fingerprint density at radius 1 is 1.50 bits per heavy atom. The summed E-state index contributed by atoms with van der Waals surface area (Å²) in [5, 5.41) is 4.15. The van der Waals surface area contributed by atoms with Crippen LogP contribution in [0.5, 0.6) is 0 Å². The monoisotopic (exact) mass is 391 g/mol. The second kappa shape index (κ2) is 4.54. The maximum atomic E-state index is 11.3. The first kappa shape index (κ1) is 11.6. The third kappa shape index (κ3) is 2.27. The predicted molar refractivity (Wildman–Crippen MR) is 72.5 cm³/mol. The summed E-state index contributed by atoms with van der Waals surface area (Å²) in [6, 6.07) is 5.26. The fraction of sp³-hybridized carbons (Fsp3) is 0. The van der Waals surface area contributed by atoms with Crippen LogP contribution in [0.2, 0.25) is 0 Å². The highest BCUT2D eigenvalue weighted by Gasteiger charge is 2.11. The van der Waals surface area contributed by atoms with Gasteiger partial charge in [-0.05, 0) is 40.8 Å². The topological polar surface area (TPSA) is 60.9 Å². The second-order valence-electron chi connectivity index (χ2n) is 3.13. The van der Waals surface area contributed by atoms with Crippen molar-refractivity contribution in [3.63, 3.8) is 0 Å². The van der Waals surface area contributed by atoms with Gasteiger partial charge in [-0.2, -0.15) is 5.10 Å². The van der Waals surface area contributed by atoms with Crippen LogP contribution in [-0.4, -0.2) is 15.7 Å². The van der Waals surface area contributed by atoms with Gasteiger partial charge in [-0.15, -0.1) is 0 Å². The first-order valence-electron chi connectivity index (χ1n) is 4.38. The molecule has 16 heavy (non-hydrogen) atoms. The number of carbonyl (C=O) groups excluding carboxylic acids is 1. The van der Waals surface area contributed by atoms with Gasteiger partial charge in [0, 0.05) is 10.7 Å². The molecule has 0 aliphatic heterocycles. The van der Waals surface area contributed by atoms with Crippen molar-refractivity contribution in [3.8, 4) is 5.69 Å². The fourth-order valence-corrected chi connectivity index (χ4v) is 2.07. The highest BCUT2D eigenvalue weighted by molar-refractivity contribution is 14.1. The Morgan fingerprint density at radius 2 is 2.25 bits per heavy atom. The number of halogens is 2. The molecule has 0 fully saturated rings. The number of primary amides is 1. The van der Waals surface area contributed by atoms with E-state index in [1.807, 2.05) is 12.3 Å². The van der Waals surface area contributed by atoms with E-state index in [0.717, 1.165) is 8.04 Å². The molecule has 0 atom stereocenters. The third-order valence-corrected chi connectivity index (χ3v) is 3.07. The molecule has 0 saturated heterocycles. The van der Waals surface area contributed by atoms with Crippen LogP contribution in [0, 0.1) is 3.57 Å². The van der Waals surface area contributed by atoms with Crippen LogP contribution in [0.15, 0.2) is 35.1 Å². The number of benzene rings is 1. The summed E-state index contributed by atoms with van der Waals surface area (Å²) in [6.45, 7) is 0. The van der Waals surface area contributed by atoms with Crippen LogP contribution in [0.4, 0.5) is 0 Å². The third-order valence-electron chi connectivity index (χ3n) is 2.02. The zero-order chi connectivity index (χ0) is 11.7. The summed E-state index contributed by atoms with van der Waals surface area (Å²) >= 11 is 5.51. The van der Waals surface area contributed by atoms with Gasteiger partial charge < -0.3 is 5.73 Å². The van der Waals surface area contributed by atoms with Crippen molar-refractivity contribution in [2.45, 2.75) is 0 Å². The molecule has 0 aliphatic rings. The zero-order valence-corrected chi connectivity index (χ0v) is 11.8. The van der Waals surface area contributed by atoms with Crippen LogP contribution < -0.4 is 5.73 Å². The summed E-state index contributed by atoms with van der Waals surface area (Å²) in [6.07, 6.45) is 3.54. The molecule has 0 saturated carbocycles. The standard InChI is InChI=1S/C10H7BrIN3O/c11-6-1-2-8(10(13)16)9(3-6)15-5-7(12)4-14-15/h1-5H,(H2,13,16). The fourth-order valence-electron chi connectivity index (χ4n) is 1.34. The van der Waals surface area contributed by atoms with E-state index in [2.05, 4.69) is 43.6 Å². The van der Waals surface area contributed by atoms with Crippen LogP contribution in [0.3, 0.4) is 0 Å². The molecule has 82 valence electrons. The van der Waals surface area contributed by atoms with Crippen molar-refractivity contribution in [2.75, 3.05) is 0 Å². The Labute approximate surface area is 114 Å². The highest BCUT2D eigenvalue weighted by atomic mass is 127. The number of carbonyl (C=O) groups is 1. The lowest BCUT2D eigenvalue weighted by atomic mass is 10.1. The van der Waals surface area contributed by atoms with E-state index in [-0.39, 0.29) is 0 Å². The van der Waals surface area contributed by atoms with E-state index in [9.17, 15) is 4.79 Å². The van der Waals surface area contributed by atoms with Crippen LogP contribution >= 0.6 is 38.5 Å². The lowest BCUT2D eigenvalue weighted by Gasteiger charge is -2.06. The lowest BCUT2D eigenvalue weighted by molar-refractivity contribution is 0.1000. The molecule has 1 heterocycles. The number of hydrogen-bond acceptors (Lipinski definition) is 2. The molecule has 1 aromatic heterocycles. The van der Waals surface area contributed by atoms with Gasteiger partial charge in [0.1, 0.15) is 0 Å². The summed E-state index contributed by atoms with van der Waals surface area (Å²) in [4.78, 5) is 11.3. The molecule has 0 unspecified atom stereocenters. The lowest BCUT2D eigenvalue weighted by Crippen LogP contribution is -2.14. The van der Waals surface area contributed by atoms with Crippen LogP contribution in [0.1, 0.15) is 10.4 Å². The normalized spacial score (nSPS) is 10.4. The summed E-state index contributed by atoms with van der Waals surface area (Å²) < 4.78 is 3.50. The average molecular weight is 392 g/mol. The summed E-state index contributed by atoms with van der Waals surface area (Å²) in [5.41, 5.74) is 6.43. The Balaban J connectivity index is 2.62. The van der Waals surface area contributed by atoms with Gasteiger partial charge in [0.15, 0.2) is 0 Å². The molecule has 6 heteroatoms. The SMILES string of the molecule is NC(=O)c1ccc(Br)cc1-n1cc(I)cn1. The van der Waals surface area contributed by atoms with Crippen molar-refractivity contribution in [1.82, 2.24) is 9.78 Å². The van der Waals surface area contributed by atoms with Gasteiger partial charge in [-0.1, -0.05) is 15.9 Å². The molecule has 2 rings (SSSR count). The number of aromatic nitrogens is 2. The Morgan fingerprint density at radius 3 is 2.81 bits per heavy atom. The highest BCUT2D eigenvalue weighted by Crippen LogP contribution is 2.20. The molecular weight excluding hydrogens is 385 g/mol. The van der Waals surface area contributed by atoms with Crippen molar-refractivity contribution in [2.24, 2.45) is 5.73 Å². The molecule has 2 aromatic rings. The first-order valence-corrected chi connectivity index (χ1v) is 6.25. The number of nitrogens with two attached hydrogens (primary N) is 1. The summed E-state index contributed by atoms with van der Waals surface area (Å²) in [7, 11) is 0. The Bertz CT molecular complexity index is 553. The minimum absolute atomic E-state index is 0.447. The van der Waals surface area contributed by atoms with E-state index in [4.69, 9.17) is 5.73 Å². The molecule has 2 N–H and O–H groups in total. The Hall–Kier alpha value is -0.890. The van der Waals surface area contributed by atoms with Crippen LogP contribution in [-0.2, 0) is 0 Å². The molecule has 0 bridgehead atoms. The maximum absolute atomic E-state index is 11.3. The van der Waals surface area contributed by atoms with Gasteiger partial charge in [0.05, 0.1) is 21.0 Å². The smallest absolute Gasteiger partial charge is 0.250 e. The maximum Gasteiger partial charge on any atom is 0.250 e. The number of amides is 1. The molecular formula is C10H7BrIN3O. The number of nitrogens with zero attached hydrogens (tertiary/aromatic N) is 2. The zero-order valence-electron chi connectivity index (χ0n) is 8.02. The minimum atomic E-state index is -0.465. The molecule has 0 aliphatic carbocycles. The summed E-state index contributed by atoms with van der Waals surface area (Å²) in [5.74, 6) is -0.465. The number of hydrogen-bond donors (Lipinski definition) is 1. The average Bonchev–Trinajstić information content (AvgIpc) is 2.64. The van der Waals surface area contributed by atoms with E-state index < -0.39 is 5.91 Å². The molecule has 4 nitrogen and oxygen atoms in total. The van der Waals surface area contributed by atoms with E-state index in [0.29, 0.717) is 11.3 Å². The van der Waals surface area contributed by atoms with Gasteiger partial charge in [0.25, 0.3) is 5.91 Å². The quantitative estimate of drug-likeness (QED) is 0.798. The van der Waals surface area contributed by atoms with E-state index in [1.54, 1.807) is 23.0 Å². The van der Waals surface area contributed by atoms with Gasteiger partial charge >= 0.3 is 0 Å². The van der Waals surface area contributed by atoms with E-state index >= 15 is 0 Å². The van der Waals surface area contributed by atoms with Gasteiger partial charge in [0.2, 0.25) is 0 Å². The van der Waals surface area contributed by atoms with Gasteiger partial charge in [-0.25, -0.2) is 4.68 Å². The Kier molecular flexibility index (Phi) is 3.29. The largest absolute Gasteiger partial charge is 0.366 e. The van der Waals surface area contributed by atoms with Crippen LogP contribution in [0.25, 0.3) is 5.69 Å². The molecule has 1 aromatic carbocycles. The van der Waals surface area contributed by atoms with Crippen molar-refractivity contribution in [1.29, 1.82) is 0 Å². The predicted octanol–water partition coefficient (Wildman–Crippen LogP) is 2.34. The first-order chi connectivity index (χ1) is 7.58. The van der Waals surface area contributed by atoms with Gasteiger partial charge in [-0.3, -0.25) is 4.79 Å². The molecule has 0 spiro atoms. The van der Waals surface area contributed by atoms with Crippen molar-refractivity contribution in [3.05, 3.63) is 44.2 Å². The number of rotatable bonds is 2. The second-order valence-corrected chi connectivity index (χ2v) is 5.29. The molecule has 1 amide bonds.